The molecule has 0 amide bonds. The van der Waals surface area contributed by atoms with Gasteiger partial charge in [0, 0.05) is 10.0 Å². The molecule has 0 aromatic heterocycles. The van der Waals surface area contributed by atoms with Gasteiger partial charge in [0.15, 0.2) is 6.29 Å². The van der Waals surface area contributed by atoms with Crippen molar-refractivity contribution < 1.29 is 14.6 Å². The van der Waals surface area contributed by atoms with Crippen LogP contribution in [0.15, 0.2) is 21.1 Å². The maximum Gasteiger partial charge on any atom is 0.185 e. The molecule has 0 bridgehead atoms. The van der Waals surface area contributed by atoms with E-state index in [1.165, 1.54) is 0 Å². The van der Waals surface area contributed by atoms with E-state index in [9.17, 15) is 5.11 Å². The van der Waals surface area contributed by atoms with Crippen LogP contribution in [0.1, 0.15) is 11.9 Å². The zero-order valence-corrected chi connectivity index (χ0v) is 10.3. The number of rotatable bonds is 1. The molecular formula is C9H8Br2O3. The Bertz CT molecular complexity index is 348. The van der Waals surface area contributed by atoms with Gasteiger partial charge in [-0.3, -0.25) is 0 Å². The first-order valence-electron chi connectivity index (χ1n) is 4.09. The molecule has 0 aliphatic carbocycles. The Hall–Kier alpha value is -0.100. The molecule has 0 spiro atoms. The predicted molar refractivity (Wildman–Crippen MR) is 58.2 cm³/mol. The fourth-order valence-electron chi connectivity index (χ4n) is 1.27. The minimum atomic E-state index is -0.372. The number of ether oxygens (including phenoxy) is 2. The SMILES string of the molecule is Oc1cc(C2OCCO2)c(Br)cc1Br. The van der Waals surface area contributed by atoms with Crippen LogP contribution in [0, 0.1) is 0 Å². The summed E-state index contributed by atoms with van der Waals surface area (Å²) < 4.78 is 12.2. The molecule has 0 radical (unpaired) electrons. The van der Waals surface area contributed by atoms with Crippen molar-refractivity contribution in [2.45, 2.75) is 6.29 Å². The smallest absolute Gasteiger partial charge is 0.185 e. The van der Waals surface area contributed by atoms with Crippen molar-refractivity contribution in [3.05, 3.63) is 26.6 Å². The highest BCUT2D eigenvalue weighted by Crippen LogP contribution is 2.36. The molecule has 5 heteroatoms. The van der Waals surface area contributed by atoms with Crippen LogP contribution in [-0.2, 0) is 9.47 Å². The van der Waals surface area contributed by atoms with Crippen LogP contribution < -0.4 is 0 Å². The predicted octanol–water partition coefficient (Wildman–Crippen LogP) is 2.96. The van der Waals surface area contributed by atoms with Gasteiger partial charge in [-0.25, -0.2) is 0 Å². The van der Waals surface area contributed by atoms with Gasteiger partial charge in [0.1, 0.15) is 5.75 Å². The molecule has 1 aromatic carbocycles. The average Bonchev–Trinajstić information content (AvgIpc) is 2.64. The monoisotopic (exact) mass is 322 g/mol. The van der Waals surface area contributed by atoms with Crippen molar-refractivity contribution in [2.24, 2.45) is 0 Å². The van der Waals surface area contributed by atoms with Crippen molar-refractivity contribution in [3.63, 3.8) is 0 Å². The highest BCUT2D eigenvalue weighted by molar-refractivity contribution is 9.11. The number of hydrogen-bond donors (Lipinski definition) is 1. The van der Waals surface area contributed by atoms with E-state index in [4.69, 9.17) is 9.47 Å². The molecular weight excluding hydrogens is 316 g/mol. The zero-order valence-electron chi connectivity index (χ0n) is 7.17. The van der Waals surface area contributed by atoms with Gasteiger partial charge in [0.25, 0.3) is 0 Å². The first-order valence-corrected chi connectivity index (χ1v) is 5.68. The van der Waals surface area contributed by atoms with Crippen LogP contribution in [0.5, 0.6) is 5.75 Å². The van der Waals surface area contributed by atoms with E-state index < -0.39 is 0 Å². The summed E-state index contributed by atoms with van der Waals surface area (Å²) in [5, 5.41) is 9.51. The summed E-state index contributed by atoms with van der Waals surface area (Å²) in [7, 11) is 0. The first-order chi connectivity index (χ1) is 6.68. The number of halogens is 2. The second kappa shape index (κ2) is 4.18. The summed E-state index contributed by atoms with van der Waals surface area (Å²) in [4.78, 5) is 0. The minimum Gasteiger partial charge on any atom is -0.507 e. The van der Waals surface area contributed by atoms with Crippen LogP contribution in [0.4, 0.5) is 0 Å². The maximum absolute atomic E-state index is 9.51. The van der Waals surface area contributed by atoms with Gasteiger partial charge >= 0.3 is 0 Å². The van der Waals surface area contributed by atoms with Crippen molar-refractivity contribution in [1.82, 2.24) is 0 Å². The third-order valence-corrected chi connectivity index (χ3v) is 3.26. The number of phenolic OH excluding ortho intramolecular Hbond substituents is 1. The highest BCUT2D eigenvalue weighted by Gasteiger charge is 2.21. The Morgan fingerprint density at radius 1 is 1.14 bits per heavy atom. The molecule has 1 aliphatic heterocycles. The molecule has 0 atom stereocenters. The molecule has 14 heavy (non-hydrogen) atoms. The van der Waals surface area contributed by atoms with Crippen molar-refractivity contribution in [3.8, 4) is 5.75 Å². The molecule has 1 saturated heterocycles. The average molecular weight is 324 g/mol. The molecule has 2 rings (SSSR count). The lowest BCUT2D eigenvalue weighted by Crippen LogP contribution is -1.99. The number of benzene rings is 1. The summed E-state index contributed by atoms with van der Waals surface area (Å²) in [6.07, 6.45) is -0.372. The molecule has 1 aromatic rings. The maximum atomic E-state index is 9.51. The van der Waals surface area contributed by atoms with E-state index in [-0.39, 0.29) is 12.0 Å². The van der Waals surface area contributed by atoms with E-state index in [1.54, 1.807) is 12.1 Å². The summed E-state index contributed by atoms with van der Waals surface area (Å²) >= 11 is 6.62. The highest BCUT2D eigenvalue weighted by atomic mass is 79.9. The fraction of sp³-hybridized carbons (Fsp3) is 0.333. The summed E-state index contributed by atoms with van der Waals surface area (Å²) in [5.41, 5.74) is 0.809. The largest absolute Gasteiger partial charge is 0.507 e. The Morgan fingerprint density at radius 2 is 1.79 bits per heavy atom. The standard InChI is InChI=1S/C9H8Br2O3/c10-6-4-7(11)8(12)3-5(6)9-13-1-2-14-9/h3-4,9,12H,1-2H2. The van der Waals surface area contributed by atoms with Gasteiger partial charge in [-0.05, 0) is 28.1 Å². The van der Waals surface area contributed by atoms with Crippen LogP contribution >= 0.6 is 31.9 Å². The molecule has 1 N–H and O–H groups in total. The van der Waals surface area contributed by atoms with Gasteiger partial charge in [-0.2, -0.15) is 0 Å². The van der Waals surface area contributed by atoms with Crippen LogP contribution in [0.2, 0.25) is 0 Å². The van der Waals surface area contributed by atoms with Gasteiger partial charge < -0.3 is 14.6 Å². The first kappa shape index (κ1) is 10.4. The van der Waals surface area contributed by atoms with Crippen LogP contribution in [0.25, 0.3) is 0 Å². The van der Waals surface area contributed by atoms with E-state index >= 15 is 0 Å². The van der Waals surface area contributed by atoms with Crippen molar-refractivity contribution >= 4 is 31.9 Å². The number of phenols is 1. The van der Waals surface area contributed by atoms with Gasteiger partial charge in [0.2, 0.25) is 0 Å². The van der Waals surface area contributed by atoms with Crippen LogP contribution in [-0.4, -0.2) is 18.3 Å². The molecule has 3 nitrogen and oxygen atoms in total. The van der Waals surface area contributed by atoms with Crippen molar-refractivity contribution in [1.29, 1.82) is 0 Å². The van der Waals surface area contributed by atoms with Gasteiger partial charge in [0.05, 0.1) is 17.7 Å². The minimum absolute atomic E-state index is 0.183. The zero-order chi connectivity index (χ0) is 10.1. The molecule has 0 unspecified atom stereocenters. The quantitative estimate of drug-likeness (QED) is 0.863. The van der Waals surface area contributed by atoms with Crippen LogP contribution in [0.3, 0.4) is 0 Å². The molecule has 1 aliphatic rings. The Morgan fingerprint density at radius 3 is 2.43 bits per heavy atom. The van der Waals surface area contributed by atoms with E-state index in [2.05, 4.69) is 31.9 Å². The van der Waals surface area contributed by atoms with E-state index in [0.29, 0.717) is 17.7 Å². The lowest BCUT2D eigenvalue weighted by Gasteiger charge is -2.12. The summed E-state index contributed by atoms with van der Waals surface area (Å²) in [6, 6.07) is 3.40. The normalized spacial score (nSPS) is 17.6. The summed E-state index contributed by atoms with van der Waals surface area (Å²) in [5.74, 6) is 0.183. The topological polar surface area (TPSA) is 38.7 Å². The second-order valence-electron chi connectivity index (χ2n) is 2.90. The molecule has 1 heterocycles. The van der Waals surface area contributed by atoms with Crippen molar-refractivity contribution in [2.75, 3.05) is 13.2 Å². The fourth-order valence-corrected chi connectivity index (χ4v) is 2.45. The number of hydrogen-bond acceptors (Lipinski definition) is 3. The lowest BCUT2D eigenvalue weighted by atomic mass is 10.2. The van der Waals surface area contributed by atoms with E-state index in [0.717, 1.165) is 10.0 Å². The Balaban J connectivity index is 2.37. The second-order valence-corrected chi connectivity index (χ2v) is 4.61. The lowest BCUT2D eigenvalue weighted by molar-refractivity contribution is -0.0447. The third-order valence-electron chi connectivity index (χ3n) is 1.94. The Labute approximate surface area is 98.3 Å². The number of aromatic hydroxyl groups is 1. The molecule has 1 fully saturated rings. The van der Waals surface area contributed by atoms with E-state index in [1.807, 2.05) is 0 Å². The summed E-state index contributed by atoms with van der Waals surface area (Å²) in [6.45, 7) is 1.18. The van der Waals surface area contributed by atoms with Gasteiger partial charge in [-0.1, -0.05) is 15.9 Å². The Kier molecular flexibility index (Phi) is 3.11. The molecule has 0 saturated carbocycles. The van der Waals surface area contributed by atoms with Gasteiger partial charge in [-0.15, -0.1) is 0 Å². The molecule has 76 valence electrons. The third kappa shape index (κ3) is 1.95.